The highest BCUT2D eigenvalue weighted by molar-refractivity contribution is 6.31. The molecule has 3 rings (SSSR count). The molecule has 0 aliphatic rings. The Morgan fingerprint density at radius 3 is 2.72 bits per heavy atom. The van der Waals surface area contributed by atoms with Crippen LogP contribution in [0.15, 0.2) is 48.0 Å². The molecule has 5 heteroatoms. The van der Waals surface area contributed by atoms with Gasteiger partial charge in [0.15, 0.2) is 0 Å². The Bertz CT molecular complexity index is 1040. The van der Waals surface area contributed by atoms with Crippen molar-refractivity contribution < 1.29 is 4.79 Å². The number of amides is 1. The average Bonchev–Trinajstić information content (AvgIpc) is 2.91. The number of nitriles is 1. The maximum Gasteiger partial charge on any atom is 0.266 e. The zero-order chi connectivity index (χ0) is 18.0. The van der Waals surface area contributed by atoms with E-state index in [0.717, 1.165) is 27.7 Å². The van der Waals surface area contributed by atoms with Crippen LogP contribution in [0.1, 0.15) is 16.8 Å². The van der Waals surface area contributed by atoms with Gasteiger partial charge in [-0.3, -0.25) is 4.79 Å². The van der Waals surface area contributed by atoms with Crippen molar-refractivity contribution in [2.75, 3.05) is 5.32 Å². The van der Waals surface area contributed by atoms with Crippen LogP contribution < -0.4 is 5.32 Å². The predicted octanol–water partition coefficient (Wildman–Crippen LogP) is 4.98. The van der Waals surface area contributed by atoms with Gasteiger partial charge in [0.05, 0.1) is 0 Å². The maximum absolute atomic E-state index is 12.5. The van der Waals surface area contributed by atoms with Gasteiger partial charge < -0.3 is 10.3 Å². The second kappa shape index (κ2) is 6.84. The van der Waals surface area contributed by atoms with E-state index >= 15 is 0 Å². The molecule has 1 amide bonds. The van der Waals surface area contributed by atoms with E-state index in [-0.39, 0.29) is 5.57 Å². The number of fused-ring (bicyclic) bond motifs is 1. The Hall–Kier alpha value is -3.03. The highest BCUT2D eigenvalue weighted by atomic mass is 35.5. The van der Waals surface area contributed by atoms with E-state index in [1.807, 2.05) is 50.2 Å². The molecule has 0 fully saturated rings. The monoisotopic (exact) mass is 349 g/mol. The molecular formula is C20H16ClN3O. The van der Waals surface area contributed by atoms with Crippen LogP contribution in [0.4, 0.5) is 5.69 Å². The molecule has 1 aromatic heterocycles. The standard InChI is InChI=1S/C20H16ClN3O/c1-12-7-8-15(10-18(12)21)24-20(25)14(11-22)9-17-13(2)23-19-6-4-3-5-16(17)19/h3-10,23H,1-2H3,(H,24,25)/b14-9+. The van der Waals surface area contributed by atoms with Gasteiger partial charge in [0.1, 0.15) is 11.6 Å². The number of nitrogens with one attached hydrogen (secondary N) is 2. The van der Waals surface area contributed by atoms with Crippen molar-refractivity contribution in [3.8, 4) is 6.07 Å². The fourth-order valence-electron chi connectivity index (χ4n) is 2.65. The molecule has 0 saturated heterocycles. The Labute approximate surface area is 150 Å². The summed E-state index contributed by atoms with van der Waals surface area (Å²) in [7, 11) is 0. The number of halogens is 1. The number of anilines is 1. The largest absolute Gasteiger partial charge is 0.358 e. The van der Waals surface area contributed by atoms with Crippen LogP contribution in [0.2, 0.25) is 5.02 Å². The Balaban J connectivity index is 1.94. The number of hydrogen-bond donors (Lipinski definition) is 2. The summed E-state index contributed by atoms with van der Waals surface area (Å²) in [5.41, 5.74) is 4.21. The Morgan fingerprint density at radius 1 is 1.24 bits per heavy atom. The summed E-state index contributed by atoms with van der Waals surface area (Å²) in [6.45, 7) is 3.80. The van der Waals surface area contributed by atoms with Crippen molar-refractivity contribution in [1.82, 2.24) is 4.98 Å². The molecule has 2 aromatic carbocycles. The fourth-order valence-corrected chi connectivity index (χ4v) is 2.83. The number of nitrogens with zero attached hydrogens (tertiary/aromatic N) is 1. The molecule has 4 nitrogen and oxygen atoms in total. The van der Waals surface area contributed by atoms with Gasteiger partial charge in [0, 0.05) is 32.9 Å². The van der Waals surface area contributed by atoms with Gasteiger partial charge in [0.2, 0.25) is 0 Å². The first-order valence-corrected chi connectivity index (χ1v) is 8.14. The number of rotatable bonds is 3. The second-order valence-corrected chi connectivity index (χ2v) is 6.20. The number of H-pyrrole nitrogens is 1. The van der Waals surface area contributed by atoms with Gasteiger partial charge in [-0.25, -0.2) is 0 Å². The van der Waals surface area contributed by atoms with Crippen molar-refractivity contribution in [3.05, 3.63) is 69.9 Å². The highest BCUT2D eigenvalue weighted by Gasteiger charge is 2.13. The zero-order valence-corrected chi connectivity index (χ0v) is 14.6. The van der Waals surface area contributed by atoms with Crippen molar-refractivity contribution in [1.29, 1.82) is 5.26 Å². The third-order valence-electron chi connectivity index (χ3n) is 4.03. The summed E-state index contributed by atoms with van der Waals surface area (Å²) in [4.78, 5) is 15.7. The van der Waals surface area contributed by atoms with E-state index in [0.29, 0.717) is 10.7 Å². The molecule has 0 bridgehead atoms. The van der Waals surface area contributed by atoms with Gasteiger partial charge in [-0.05, 0) is 43.7 Å². The molecule has 0 spiro atoms. The Kier molecular flexibility index (Phi) is 4.60. The third-order valence-corrected chi connectivity index (χ3v) is 4.43. The molecule has 0 saturated carbocycles. The van der Waals surface area contributed by atoms with Gasteiger partial charge in [-0.1, -0.05) is 35.9 Å². The minimum Gasteiger partial charge on any atom is -0.358 e. The zero-order valence-electron chi connectivity index (χ0n) is 13.9. The summed E-state index contributed by atoms with van der Waals surface area (Å²) in [6, 6.07) is 15.0. The number of carbonyl (C=O) groups is 1. The predicted molar refractivity (Wildman–Crippen MR) is 101 cm³/mol. The smallest absolute Gasteiger partial charge is 0.266 e. The van der Waals surface area contributed by atoms with Crippen molar-refractivity contribution in [2.45, 2.75) is 13.8 Å². The van der Waals surface area contributed by atoms with E-state index in [1.54, 1.807) is 18.2 Å². The summed E-state index contributed by atoms with van der Waals surface area (Å²) < 4.78 is 0. The lowest BCUT2D eigenvalue weighted by atomic mass is 10.1. The number of para-hydroxylation sites is 1. The van der Waals surface area contributed by atoms with Crippen molar-refractivity contribution in [2.24, 2.45) is 0 Å². The lowest BCUT2D eigenvalue weighted by molar-refractivity contribution is -0.112. The van der Waals surface area contributed by atoms with E-state index < -0.39 is 5.91 Å². The third kappa shape index (κ3) is 3.42. The maximum atomic E-state index is 12.5. The SMILES string of the molecule is Cc1ccc(NC(=O)/C(C#N)=C/c2c(C)[nH]c3ccccc23)cc1Cl. The van der Waals surface area contributed by atoms with Crippen molar-refractivity contribution >= 4 is 40.2 Å². The molecular weight excluding hydrogens is 334 g/mol. The van der Waals surface area contributed by atoms with Crippen LogP contribution in [-0.2, 0) is 4.79 Å². The van der Waals surface area contributed by atoms with E-state index in [9.17, 15) is 10.1 Å². The Morgan fingerprint density at radius 2 is 2.00 bits per heavy atom. The van der Waals surface area contributed by atoms with Crippen LogP contribution in [0.25, 0.3) is 17.0 Å². The summed E-state index contributed by atoms with van der Waals surface area (Å²) in [5, 5.41) is 13.7. The molecule has 2 N–H and O–H groups in total. The van der Waals surface area contributed by atoms with Gasteiger partial charge in [0.25, 0.3) is 5.91 Å². The molecule has 3 aromatic rings. The molecule has 0 unspecified atom stereocenters. The van der Waals surface area contributed by atoms with Crippen LogP contribution in [0.3, 0.4) is 0 Å². The van der Waals surface area contributed by atoms with E-state index in [1.165, 1.54) is 0 Å². The second-order valence-electron chi connectivity index (χ2n) is 5.80. The van der Waals surface area contributed by atoms with E-state index in [2.05, 4.69) is 10.3 Å². The molecule has 0 atom stereocenters. The highest BCUT2D eigenvalue weighted by Crippen LogP contribution is 2.25. The van der Waals surface area contributed by atoms with Crippen LogP contribution in [0.5, 0.6) is 0 Å². The van der Waals surface area contributed by atoms with Crippen molar-refractivity contribution in [3.63, 3.8) is 0 Å². The summed E-state index contributed by atoms with van der Waals surface area (Å²) in [6.07, 6.45) is 1.61. The topological polar surface area (TPSA) is 68.7 Å². The van der Waals surface area contributed by atoms with Crippen LogP contribution in [-0.4, -0.2) is 10.9 Å². The first-order valence-electron chi connectivity index (χ1n) is 7.76. The average molecular weight is 350 g/mol. The number of benzene rings is 2. The molecule has 25 heavy (non-hydrogen) atoms. The quantitative estimate of drug-likeness (QED) is 0.517. The van der Waals surface area contributed by atoms with Crippen LogP contribution >= 0.6 is 11.6 Å². The van der Waals surface area contributed by atoms with E-state index in [4.69, 9.17) is 11.6 Å². The molecule has 1 heterocycles. The first-order chi connectivity index (χ1) is 12.0. The first kappa shape index (κ1) is 16.8. The van der Waals surface area contributed by atoms with Gasteiger partial charge in [-0.2, -0.15) is 5.26 Å². The summed E-state index contributed by atoms with van der Waals surface area (Å²) >= 11 is 6.08. The lowest BCUT2D eigenvalue weighted by Crippen LogP contribution is -2.13. The van der Waals surface area contributed by atoms with Gasteiger partial charge >= 0.3 is 0 Å². The fraction of sp³-hybridized carbons (Fsp3) is 0.100. The van der Waals surface area contributed by atoms with Crippen LogP contribution in [0, 0.1) is 25.2 Å². The number of aromatic amines is 1. The molecule has 0 aliphatic heterocycles. The minimum atomic E-state index is -0.466. The lowest BCUT2D eigenvalue weighted by Gasteiger charge is -2.06. The number of aryl methyl sites for hydroxylation is 2. The number of hydrogen-bond acceptors (Lipinski definition) is 2. The molecule has 0 aliphatic carbocycles. The molecule has 124 valence electrons. The normalized spacial score (nSPS) is 11.4. The van der Waals surface area contributed by atoms with Gasteiger partial charge in [-0.15, -0.1) is 0 Å². The number of carbonyl (C=O) groups excluding carboxylic acids is 1. The summed E-state index contributed by atoms with van der Waals surface area (Å²) in [5.74, 6) is -0.466. The minimum absolute atomic E-state index is 0.0320. The molecule has 0 radical (unpaired) electrons. The number of aromatic nitrogens is 1.